The Balaban J connectivity index is 1.76. The summed E-state index contributed by atoms with van der Waals surface area (Å²) in [6.07, 6.45) is 3.48. The van der Waals surface area contributed by atoms with Gasteiger partial charge >= 0.3 is 0 Å². The average Bonchev–Trinajstić information content (AvgIpc) is 2.95. The number of benzene rings is 1. The van der Waals surface area contributed by atoms with E-state index in [1.807, 2.05) is 16.8 Å². The summed E-state index contributed by atoms with van der Waals surface area (Å²) in [6, 6.07) is 7.45. The van der Waals surface area contributed by atoms with Gasteiger partial charge in [0.05, 0.1) is 6.04 Å². The monoisotopic (exact) mass is 358 g/mol. The molecule has 1 saturated heterocycles. The predicted molar refractivity (Wildman–Crippen MR) is 97.0 cm³/mol. The summed E-state index contributed by atoms with van der Waals surface area (Å²) in [7, 11) is 2.13. The molecule has 0 bridgehead atoms. The van der Waals surface area contributed by atoms with Gasteiger partial charge in [-0.05, 0) is 51.2 Å². The Morgan fingerprint density at radius 1 is 1.24 bits per heavy atom. The van der Waals surface area contributed by atoms with E-state index in [2.05, 4.69) is 27.0 Å². The van der Waals surface area contributed by atoms with Gasteiger partial charge in [0.1, 0.15) is 23.3 Å². The molecule has 0 unspecified atom stereocenters. The van der Waals surface area contributed by atoms with Crippen LogP contribution in [0.4, 0.5) is 5.82 Å². The predicted octanol–water partition coefficient (Wildman–Crippen LogP) is 3.12. The lowest BCUT2D eigenvalue weighted by molar-refractivity contribution is 0.213. The van der Waals surface area contributed by atoms with E-state index in [9.17, 15) is 0 Å². The fourth-order valence-corrected chi connectivity index (χ4v) is 3.35. The smallest absolute Gasteiger partial charge is 0.251 e. The van der Waals surface area contributed by atoms with E-state index in [0.717, 1.165) is 25.9 Å². The number of nitrogens with zero attached hydrogens (tertiary/aromatic N) is 5. The number of aromatic nitrogens is 4. The Morgan fingerprint density at radius 2 is 2.04 bits per heavy atom. The molecule has 0 atom stereocenters. The number of likely N-dealkylation sites (tertiary alicyclic amines) is 1. The Hall–Kier alpha value is -2.38. The van der Waals surface area contributed by atoms with Crippen molar-refractivity contribution in [1.29, 1.82) is 0 Å². The molecule has 3 aromatic rings. The molecule has 2 aromatic heterocycles. The zero-order chi connectivity index (χ0) is 17.4. The molecule has 130 valence electrons. The van der Waals surface area contributed by atoms with E-state index in [0.29, 0.717) is 33.5 Å². The van der Waals surface area contributed by atoms with Crippen molar-refractivity contribution >= 4 is 28.5 Å². The van der Waals surface area contributed by atoms with Crippen molar-refractivity contribution in [3.05, 3.63) is 35.6 Å². The van der Waals surface area contributed by atoms with E-state index >= 15 is 0 Å². The largest absolute Gasteiger partial charge is 0.437 e. The average molecular weight is 359 g/mol. The van der Waals surface area contributed by atoms with Crippen molar-refractivity contribution in [3.8, 4) is 11.6 Å². The van der Waals surface area contributed by atoms with Gasteiger partial charge in [0, 0.05) is 5.02 Å². The molecule has 0 radical (unpaired) electrons. The van der Waals surface area contributed by atoms with Crippen molar-refractivity contribution in [3.63, 3.8) is 0 Å². The highest BCUT2D eigenvalue weighted by Gasteiger charge is 2.25. The van der Waals surface area contributed by atoms with Crippen LogP contribution >= 0.6 is 11.6 Å². The first-order valence-electron chi connectivity index (χ1n) is 8.22. The lowest BCUT2D eigenvalue weighted by atomic mass is 10.1. The van der Waals surface area contributed by atoms with Crippen LogP contribution in [0.15, 0.2) is 30.6 Å². The van der Waals surface area contributed by atoms with Crippen LogP contribution in [0.25, 0.3) is 11.0 Å². The lowest BCUT2D eigenvalue weighted by Gasteiger charge is -2.29. The number of halogens is 1. The van der Waals surface area contributed by atoms with Gasteiger partial charge in [-0.25, -0.2) is 14.6 Å². The number of piperidine rings is 1. The molecule has 1 aliphatic heterocycles. The number of hydrogen-bond acceptors (Lipinski definition) is 6. The zero-order valence-electron chi connectivity index (χ0n) is 13.9. The van der Waals surface area contributed by atoms with Crippen LogP contribution in [-0.2, 0) is 0 Å². The molecule has 3 heterocycles. The quantitative estimate of drug-likeness (QED) is 0.774. The molecule has 0 amide bonds. The maximum absolute atomic E-state index is 6.09. The first-order chi connectivity index (χ1) is 12.1. The van der Waals surface area contributed by atoms with Gasteiger partial charge in [-0.3, -0.25) is 0 Å². The number of rotatable bonds is 3. The van der Waals surface area contributed by atoms with Crippen molar-refractivity contribution in [2.45, 2.75) is 18.9 Å². The number of fused-ring (bicyclic) bond motifs is 1. The van der Waals surface area contributed by atoms with Crippen LogP contribution in [0.2, 0.25) is 5.02 Å². The molecule has 8 heteroatoms. The molecule has 7 nitrogen and oxygen atoms in total. The van der Waals surface area contributed by atoms with Gasteiger partial charge in [-0.1, -0.05) is 17.7 Å². The van der Waals surface area contributed by atoms with Crippen LogP contribution in [0.3, 0.4) is 0 Å². The molecular weight excluding hydrogens is 340 g/mol. The SMILES string of the molecule is CN1CCC(n2nc(Oc3cccc(Cl)c3)c3c(N)ncnc32)CC1. The molecule has 25 heavy (non-hydrogen) atoms. The third kappa shape index (κ3) is 3.12. The van der Waals surface area contributed by atoms with E-state index in [1.54, 1.807) is 12.1 Å². The highest BCUT2D eigenvalue weighted by molar-refractivity contribution is 6.30. The standard InChI is InChI=1S/C17H19ClN6O/c1-23-7-5-12(6-8-23)24-16-14(15(19)20-10-21-16)17(22-24)25-13-4-2-3-11(18)9-13/h2-4,9-10,12H,5-8H2,1H3,(H2,19,20,21). The Labute approximate surface area is 150 Å². The van der Waals surface area contributed by atoms with Crippen LogP contribution in [-0.4, -0.2) is 44.8 Å². The summed E-state index contributed by atoms with van der Waals surface area (Å²) < 4.78 is 7.89. The van der Waals surface area contributed by atoms with Crippen LogP contribution in [0, 0.1) is 0 Å². The molecular formula is C17H19ClN6O. The van der Waals surface area contributed by atoms with Crippen LogP contribution in [0.5, 0.6) is 11.6 Å². The first kappa shape index (κ1) is 16.1. The topological polar surface area (TPSA) is 82.1 Å². The Kier molecular flexibility index (Phi) is 4.19. The second kappa shape index (κ2) is 6.50. The summed E-state index contributed by atoms with van der Waals surface area (Å²) in [5.41, 5.74) is 6.79. The van der Waals surface area contributed by atoms with Gasteiger partial charge in [-0.2, -0.15) is 0 Å². The molecule has 1 aliphatic rings. The highest BCUT2D eigenvalue weighted by Crippen LogP contribution is 2.35. The summed E-state index contributed by atoms with van der Waals surface area (Å²) >= 11 is 6.04. The highest BCUT2D eigenvalue weighted by atomic mass is 35.5. The number of hydrogen-bond donors (Lipinski definition) is 1. The molecule has 1 fully saturated rings. The summed E-state index contributed by atoms with van der Waals surface area (Å²) in [5, 5.41) is 5.91. The summed E-state index contributed by atoms with van der Waals surface area (Å²) in [5.74, 6) is 1.38. The minimum absolute atomic E-state index is 0.268. The molecule has 0 aliphatic carbocycles. The van der Waals surface area contributed by atoms with Gasteiger partial charge in [-0.15, -0.1) is 5.10 Å². The minimum atomic E-state index is 0.268. The lowest BCUT2D eigenvalue weighted by Crippen LogP contribution is -2.31. The molecule has 0 saturated carbocycles. The molecule has 2 N–H and O–H groups in total. The van der Waals surface area contributed by atoms with Crippen molar-refractivity contribution in [1.82, 2.24) is 24.6 Å². The maximum atomic E-state index is 6.09. The number of nitrogens with two attached hydrogens (primary N) is 1. The van der Waals surface area contributed by atoms with Crippen LogP contribution in [0.1, 0.15) is 18.9 Å². The molecule has 0 spiro atoms. The normalized spacial score (nSPS) is 16.4. The van der Waals surface area contributed by atoms with E-state index in [4.69, 9.17) is 22.1 Å². The third-order valence-electron chi connectivity index (χ3n) is 4.53. The molecule has 1 aromatic carbocycles. The zero-order valence-corrected chi connectivity index (χ0v) is 14.6. The first-order valence-corrected chi connectivity index (χ1v) is 8.60. The molecule has 4 rings (SSSR count). The fourth-order valence-electron chi connectivity index (χ4n) is 3.17. The number of ether oxygens (including phenoxy) is 1. The number of nitrogen functional groups attached to an aromatic ring is 1. The summed E-state index contributed by atoms with van der Waals surface area (Å²) in [6.45, 7) is 2.05. The van der Waals surface area contributed by atoms with Gasteiger partial charge in [0.2, 0.25) is 0 Å². The maximum Gasteiger partial charge on any atom is 0.251 e. The van der Waals surface area contributed by atoms with Crippen molar-refractivity contribution < 1.29 is 4.74 Å². The van der Waals surface area contributed by atoms with E-state index in [1.165, 1.54) is 6.33 Å². The second-order valence-corrected chi connectivity index (χ2v) is 6.74. The van der Waals surface area contributed by atoms with Gasteiger partial charge < -0.3 is 15.4 Å². The van der Waals surface area contributed by atoms with E-state index in [-0.39, 0.29) is 6.04 Å². The Bertz CT molecular complexity index is 903. The van der Waals surface area contributed by atoms with Crippen molar-refractivity contribution in [2.24, 2.45) is 0 Å². The fraction of sp³-hybridized carbons (Fsp3) is 0.353. The van der Waals surface area contributed by atoms with Gasteiger partial charge in [0.25, 0.3) is 5.88 Å². The minimum Gasteiger partial charge on any atom is -0.437 e. The number of anilines is 1. The second-order valence-electron chi connectivity index (χ2n) is 6.30. The third-order valence-corrected chi connectivity index (χ3v) is 4.77. The Morgan fingerprint density at radius 3 is 2.80 bits per heavy atom. The van der Waals surface area contributed by atoms with E-state index < -0.39 is 0 Å². The van der Waals surface area contributed by atoms with Crippen molar-refractivity contribution in [2.75, 3.05) is 25.9 Å². The van der Waals surface area contributed by atoms with Crippen LogP contribution < -0.4 is 10.5 Å². The van der Waals surface area contributed by atoms with Gasteiger partial charge in [0.15, 0.2) is 5.65 Å². The summed E-state index contributed by atoms with van der Waals surface area (Å²) in [4.78, 5) is 10.8.